The fourth-order valence-electron chi connectivity index (χ4n) is 2.36. The number of rotatable bonds is 6. The Kier molecular flexibility index (Phi) is 4.76. The molecule has 0 aromatic heterocycles. The summed E-state index contributed by atoms with van der Waals surface area (Å²) in [6.07, 6.45) is 2.25. The fourth-order valence-corrected chi connectivity index (χ4v) is 2.36. The quantitative estimate of drug-likeness (QED) is 0.868. The zero-order chi connectivity index (χ0) is 14.7. The molecule has 2 rings (SSSR count). The molecule has 0 radical (unpaired) electrons. The van der Waals surface area contributed by atoms with Gasteiger partial charge in [0.15, 0.2) is 0 Å². The van der Waals surface area contributed by atoms with Crippen LogP contribution in [-0.4, -0.2) is 29.9 Å². The highest BCUT2D eigenvalue weighted by atomic mass is 19.1. The minimum Gasteiger partial charge on any atom is -0.339 e. The third-order valence-corrected chi connectivity index (χ3v) is 3.90. The molecule has 0 bridgehead atoms. The summed E-state index contributed by atoms with van der Waals surface area (Å²) in [6.45, 7) is 6.77. The van der Waals surface area contributed by atoms with Crippen LogP contribution in [0.4, 0.5) is 4.39 Å². The van der Waals surface area contributed by atoms with Gasteiger partial charge in [0, 0.05) is 18.6 Å². The van der Waals surface area contributed by atoms with Crippen molar-refractivity contribution in [3.05, 3.63) is 35.1 Å². The third kappa shape index (κ3) is 3.57. The first-order valence-corrected chi connectivity index (χ1v) is 7.31. The average Bonchev–Trinajstić information content (AvgIpc) is 3.24. The largest absolute Gasteiger partial charge is 0.339 e. The molecule has 4 heteroatoms. The van der Waals surface area contributed by atoms with Gasteiger partial charge in [0.25, 0.3) is 0 Å². The molecule has 0 saturated heterocycles. The molecule has 1 fully saturated rings. The number of aryl methyl sites for hydroxylation is 1. The molecular weight excluding hydrogens is 255 g/mol. The van der Waals surface area contributed by atoms with Crippen LogP contribution in [0.3, 0.4) is 0 Å². The lowest BCUT2D eigenvalue weighted by atomic mass is 10.1. The second-order valence-electron chi connectivity index (χ2n) is 5.52. The van der Waals surface area contributed by atoms with E-state index in [1.54, 1.807) is 13.0 Å². The van der Waals surface area contributed by atoms with Gasteiger partial charge >= 0.3 is 0 Å². The van der Waals surface area contributed by atoms with E-state index in [9.17, 15) is 9.18 Å². The maximum absolute atomic E-state index is 13.5. The standard InChI is InChI=1S/C16H23FN2O/c1-4-19(14-7-8-14)16(20)10-18-12(3)13-6-5-11(2)15(17)9-13/h5-6,9,12,14,18H,4,7-8,10H2,1-3H3. The Hall–Kier alpha value is -1.42. The van der Waals surface area contributed by atoms with Crippen LogP contribution in [0.2, 0.25) is 0 Å². The van der Waals surface area contributed by atoms with Gasteiger partial charge in [0.2, 0.25) is 5.91 Å². The molecule has 0 spiro atoms. The molecule has 110 valence electrons. The van der Waals surface area contributed by atoms with Gasteiger partial charge in [-0.25, -0.2) is 4.39 Å². The second-order valence-corrected chi connectivity index (χ2v) is 5.52. The van der Waals surface area contributed by atoms with Gasteiger partial charge in [-0.15, -0.1) is 0 Å². The molecule has 0 heterocycles. The van der Waals surface area contributed by atoms with Gasteiger partial charge < -0.3 is 10.2 Å². The maximum atomic E-state index is 13.5. The molecule has 1 aliphatic rings. The van der Waals surface area contributed by atoms with Crippen molar-refractivity contribution in [1.82, 2.24) is 10.2 Å². The van der Waals surface area contributed by atoms with Crippen LogP contribution in [-0.2, 0) is 4.79 Å². The first-order chi connectivity index (χ1) is 9.52. The van der Waals surface area contributed by atoms with Gasteiger partial charge in [-0.3, -0.25) is 4.79 Å². The highest BCUT2D eigenvalue weighted by Gasteiger charge is 2.31. The van der Waals surface area contributed by atoms with E-state index in [1.807, 2.05) is 24.8 Å². The van der Waals surface area contributed by atoms with E-state index >= 15 is 0 Å². The molecule has 3 nitrogen and oxygen atoms in total. The van der Waals surface area contributed by atoms with Gasteiger partial charge in [-0.1, -0.05) is 12.1 Å². The van der Waals surface area contributed by atoms with Gasteiger partial charge in [0.05, 0.1) is 6.54 Å². The molecule has 1 atom stereocenters. The summed E-state index contributed by atoms with van der Waals surface area (Å²) in [5, 5.41) is 3.18. The second kappa shape index (κ2) is 6.35. The third-order valence-electron chi connectivity index (χ3n) is 3.90. The minimum atomic E-state index is -0.198. The number of nitrogens with one attached hydrogen (secondary N) is 1. The van der Waals surface area contributed by atoms with Gasteiger partial charge in [-0.05, 0) is 50.8 Å². The number of hydrogen-bond acceptors (Lipinski definition) is 2. The molecular formula is C16H23FN2O. The number of carbonyl (C=O) groups is 1. The van der Waals surface area contributed by atoms with Crippen molar-refractivity contribution in [2.75, 3.05) is 13.1 Å². The van der Waals surface area contributed by atoms with Crippen molar-refractivity contribution in [3.8, 4) is 0 Å². The smallest absolute Gasteiger partial charge is 0.236 e. The molecule has 1 amide bonds. The Morgan fingerprint density at radius 3 is 2.75 bits per heavy atom. The molecule has 1 saturated carbocycles. The number of benzene rings is 1. The van der Waals surface area contributed by atoms with Crippen molar-refractivity contribution in [1.29, 1.82) is 0 Å². The summed E-state index contributed by atoms with van der Waals surface area (Å²) >= 11 is 0. The minimum absolute atomic E-state index is 0.0352. The van der Waals surface area contributed by atoms with Crippen molar-refractivity contribution in [3.63, 3.8) is 0 Å². The highest BCUT2D eigenvalue weighted by Crippen LogP contribution is 2.26. The Bertz CT molecular complexity index is 485. The molecule has 0 aliphatic heterocycles. The van der Waals surface area contributed by atoms with Crippen LogP contribution in [0.15, 0.2) is 18.2 Å². The predicted molar refractivity (Wildman–Crippen MR) is 78.0 cm³/mol. The summed E-state index contributed by atoms with van der Waals surface area (Å²) in [4.78, 5) is 14.0. The number of halogens is 1. The van der Waals surface area contributed by atoms with Crippen LogP contribution in [0.25, 0.3) is 0 Å². The van der Waals surface area contributed by atoms with Crippen LogP contribution >= 0.6 is 0 Å². The molecule has 20 heavy (non-hydrogen) atoms. The summed E-state index contributed by atoms with van der Waals surface area (Å²) in [5.74, 6) is -0.0647. The van der Waals surface area contributed by atoms with Gasteiger partial charge in [-0.2, -0.15) is 0 Å². The first-order valence-electron chi connectivity index (χ1n) is 7.31. The molecule has 1 N–H and O–H groups in total. The van der Waals surface area contributed by atoms with E-state index in [0.717, 1.165) is 24.9 Å². The van der Waals surface area contributed by atoms with E-state index in [2.05, 4.69) is 5.32 Å². The zero-order valence-electron chi connectivity index (χ0n) is 12.4. The van der Waals surface area contributed by atoms with Crippen LogP contribution in [0, 0.1) is 12.7 Å². The lowest BCUT2D eigenvalue weighted by molar-refractivity contribution is -0.130. The van der Waals surface area contributed by atoms with Crippen molar-refractivity contribution in [2.24, 2.45) is 0 Å². The number of carbonyl (C=O) groups excluding carboxylic acids is 1. The Balaban J connectivity index is 1.89. The number of nitrogens with zero attached hydrogens (tertiary/aromatic N) is 1. The van der Waals surface area contributed by atoms with E-state index in [0.29, 0.717) is 18.2 Å². The van der Waals surface area contributed by atoms with E-state index < -0.39 is 0 Å². The Morgan fingerprint density at radius 1 is 1.50 bits per heavy atom. The molecule has 1 aromatic carbocycles. The zero-order valence-corrected chi connectivity index (χ0v) is 12.4. The predicted octanol–water partition coefficient (Wildman–Crippen LogP) is 2.80. The molecule has 1 unspecified atom stereocenters. The highest BCUT2D eigenvalue weighted by molar-refractivity contribution is 5.79. The number of hydrogen-bond donors (Lipinski definition) is 1. The normalized spacial score (nSPS) is 16.0. The number of amides is 1. The first kappa shape index (κ1) is 15.0. The Labute approximate surface area is 120 Å². The Morgan fingerprint density at radius 2 is 2.20 bits per heavy atom. The topological polar surface area (TPSA) is 32.3 Å². The van der Waals surface area contributed by atoms with Crippen LogP contribution in [0.1, 0.15) is 43.9 Å². The summed E-state index contributed by atoms with van der Waals surface area (Å²) < 4.78 is 13.5. The fraction of sp³-hybridized carbons (Fsp3) is 0.562. The lowest BCUT2D eigenvalue weighted by Crippen LogP contribution is -2.40. The van der Waals surface area contributed by atoms with E-state index in [4.69, 9.17) is 0 Å². The van der Waals surface area contributed by atoms with Gasteiger partial charge in [0.1, 0.15) is 5.82 Å². The molecule has 1 aliphatic carbocycles. The molecule has 1 aromatic rings. The average molecular weight is 278 g/mol. The van der Waals surface area contributed by atoms with E-state index in [1.165, 1.54) is 6.07 Å². The summed E-state index contributed by atoms with van der Waals surface area (Å²) in [7, 11) is 0. The van der Waals surface area contributed by atoms with E-state index in [-0.39, 0.29) is 17.8 Å². The van der Waals surface area contributed by atoms with Crippen LogP contribution < -0.4 is 5.32 Å². The monoisotopic (exact) mass is 278 g/mol. The van der Waals surface area contributed by atoms with Crippen molar-refractivity contribution < 1.29 is 9.18 Å². The van der Waals surface area contributed by atoms with Crippen molar-refractivity contribution >= 4 is 5.91 Å². The number of likely N-dealkylation sites (N-methyl/N-ethyl adjacent to an activating group) is 1. The van der Waals surface area contributed by atoms with Crippen LogP contribution in [0.5, 0.6) is 0 Å². The summed E-state index contributed by atoms with van der Waals surface area (Å²) in [6, 6.07) is 5.62. The maximum Gasteiger partial charge on any atom is 0.236 e. The lowest BCUT2D eigenvalue weighted by Gasteiger charge is -2.22. The summed E-state index contributed by atoms with van der Waals surface area (Å²) in [5.41, 5.74) is 1.51. The van der Waals surface area contributed by atoms with Crippen molar-refractivity contribution in [2.45, 2.75) is 45.7 Å². The SMILES string of the molecule is CCN(C(=O)CNC(C)c1ccc(C)c(F)c1)C1CC1.